The molecule has 0 aliphatic heterocycles. The Kier molecular flexibility index (Phi) is 7.11. The maximum absolute atomic E-state index is 13.4. The average Bonchev–Trinajstić information content (AvgIpc) is 3.35. The zero-order valence-corrected chi connectivity index (χ0v) is 19.6. The standard InChI is InChI=1S/C27H25N3O5/c1-4-23(31)28-19-12-10-17(11-13-19)25-24(30-27(35-25)18-8-6-5-7-9-18)26(32)29-21-16-20(33-2)14-15-22(21)34-3/h5-16H,4H2,1-3H3,(H,28,31)(H,29,32). The number of hydrogen-bond donors (Lipinski definition) is 2. The summed E-state index contributed by atoms with van der Waals surface area (Å²) in [7, 11) is 3.06. The van der Waals surface area contributed by atoms with Gasteiger partial charge in [0.1, 0.15) is 11.5 Å². The van der Waals surface area contributed by atoms with E-state index in [4.69, 9.17) is 13.9 Å². The Bertz CT molecular complexity index is 1330. The van der Waals surface area contributed by atoms with Gasteiger partial charge in [0, 0.05) is 29.3 Å². The van der Waals surface area contributed by atoms with Crippen LogP contribution in [-0.2, 0) is 4.79 Å². The van der Waals surface area contributed by atoms with Gasteiger partial charge in [-0.1, -0.05) is 25.1 Å². The van der Waals surface area contributed by atoms with Crippen molar-refractivity contribution < 1.29 is 23.5 Å². The molecule has 4 aromatic rings. The number of nitrogens with zero attached hydrogens (tertiary/aromatic N) is 1. The molecule has 0 unspecified atom stereocenters. The van der Waals surface area contributed by atoms with Crippen LogP contribution in [0.25, 0.3) is 22.8 Å². The van der Waals surface area contributed by atoms with Crippen LogP contribution in [0.15, 0.2) is 77.2 Å². The second kappa shape index (κ2) is 10.6. The molecule has 0 fully saturated rings. The molecule has 2 amide bonds. The summed E-state index contributed by atoms with van der Waals surface area (Å²) in [5.41, 5.74) is 2.56. The maximum atomic E-state index is 13.4. The van der Waals surface area contributed by atoms with E-state index in [1.165, 1.54) is 7.11 Å². The number of aromatic nitrogens is 1. The third-order valence-corrected chi connectivity index (χ3v) is 5.27. The zero-order chi connectivity index (χ0) is 24.8. The molecule has 8 nitrogen and oxygen atoms in total. The lowest BCUT2D eigenvalue weighted by Crippen LogP contribution is -2.14. The van der Waals surface area contributed by atoms with Gasteiger partial charge in [0.05, 0.1) is 19.9 Å². The van der Waals surface area contributed by atoms with E-state index in [0.717, 1.165) is 5.56 Å². The van der Waals surface area contributed by atoms with E-state index in [2.05, 4.69) is 15.6 Å². The van der Waals surface area contributed by atoms with Crippen molar-refractivity contribution in [2.75, 3.05) is 24.9 Å². The summed E-state index contributed by atoms with van der Waals surface area (Å²) < 4.78 is 16.7. The number of rotatable bonds is 8. The lowest BCUT2D eigenvalue weighted by Gasteiger charge is -2.11. The number of carbonyl (C=O) groups excluding carboxylic acids is 2. The van der Waals surface area contributed by atoms with E-state index in [1.54, 1.807) is 56.5 Å². The Morgan fingerprint density at radius 3 is 2.29 bits per heavy atom. The molecule has 0 radical (unpaired) electrons. The second-order valence-electron chi connectivity index (χ2n) is 7.56. The number of nitrogens with one attached hydrogen (secondary N) is 2. The monoisotopic (exact) mass is 471 g/mol. The van der Waals surface area contributed by atoms with Crippen molar-refractivity contribution in [1.82, 2.24) is 4.98 Å². The first kappa shape index (κ1) is 23.6. The molecule has 8 heteroatoms. The lowest BCUT2D eigenvalue weighted by atomic mass is 10.1. The summed E-state index contributed by atoms with van der Waals surface area (Å²) in [6.07, 6.45) is 0.377. The molecular formula is C27H25N3O5. The Morgan fingerprint density at radius 1 is 0.886 bits per heavy atom. The summed E-state index contributed by atoms with van der Waals surface area (Å²) in [6.45, 7) is 1.78. The van der Waals surface area contributed by atoms with Gasteiger partial charge < -0.3 is 24.5 Å². The lowest BCUT2D eigenvalue weighted by molar-refractivity contribution is -0.115. The van der Waals surface area contributed by atoms with E-state index in [9.17, 15) is 9.59 Å². The Balaban J connectivity index is 1.72. The fourth-order valence-corrected chi connectivity index (χ4v) is 3.42. The fraction of sp³-hybridized carbons (Fsp3) is 0.148. The summed E-state index contributed by atoms with van der Waals surface area (Å²) in [4.78, 5) is 29.6. The molecule has 35 heavy (non-hydrogen) atoms. The highest BCUT2D eigenvalue weighted by Crippen LogP contribution is 2.33. The van der Waals surface area contributed by atoms with E-state index in [0.29, 0.717) is 46.5 Å². The van der Waals surface area contributed by atoms with Gasteiger partial charge in [0.2, 0.25) is 11.8 Å². The topological polar surface area (TPSA) is 103 Å². The number of methoxy groups -OCH3 is 2. The molecule has 1 aromatic heterocycles. The molecule has 0 saturated heterocycles. The van der Waals surface area contributed by atoms with Crippen molar-refractivity contribution in [2.45, 2.75) is 13.3 Å². The number of carbonyl (C=O) groups is 2. The highest BCUT2D eigenvalue weighted by atomic mass is 16.5. The van der Waals surface area contributed by atoms with Crippen LogP contribution in [0, 0.1) is 0 Å². The Hall–Kier alpha value is -4.59. The molecule has 0 aliphatic rings. The van der Waals surface area contributed by atoms with Crippen LogP contribution in [0.3, 0.4) is 0 Å². The first-order chi connectivity index (χ1) is 17.0. The number of anilines is 2. The number of oxazole rings is 1. The number of hydrogen-bond acceptors (Lipinski definition) is 6. The molecule has 0 aliphatic carbocycles. The van der Waals surface area contributed by atoms with Crippen molar-refractivity contribution in [3.05, 3.63) is 78.5 Å². The molecular weight excluding hydrogens is 446 g/mol. The van der Waals surface area contributed by atoms with Crippen molar-refractivity contribution >= 4 is 23.2 Å². The van der Waals surface area contributed by atoms with E-state index in [1.807, 2.05) is 30.3 Å². The molecule has 0 saturated carbocycles. The molecule has 178 valence electrons. The minimum absolute atomic E-state index is 0.0870. The number of benzene rings is 3. The van der Waals surface area contributed by atoms with Gasteiger partial charge in [-0.3, -0.25) is 9.59 Å². The predicted molar refractivity (Wildman–Crippen MR) is 134 cm³/mol. The molecule has 0 bridgehead atoms. The van der Waals surface area contributed by atoms with Crippen molar-refractivity contribution in [2.24, 2.45) is 0 Å². The highest BCUT2D eigenvalue weighted by Gasteiger charge is 2.23. The minimum atomic E-state index is -0.471. The molecule has 2 N–H and O–H groups in total. The first-order valence-electron chi connectivity index (χ1n) is 11.0. The normalized spacial score (nSPS) is 10.5. The third kappa shape index (κ3) is 5.33. The first-order valence-corrected chi connectivity index (χ1v) is 11.0. The largest absolute Gasteiger partial charge is 0.497 e. The summed E-state index contributed by atoms with van der Waals surface area (Å²) in [6, 6.07) is 21.5. The van der Waals surface area contributed by atoms with Gasteiger partial charge in [-0.25, -0.2) is 4.98 Å². The van der Waals surface area contributed by atoms with Gasteiger partial charge in [0.25, 0.3) is 5.91 Å². The number of amides is 2. The molecule has 3 aromatic carbocycles. The van der Waals surface area contributed by atoms with Gasteiger partial charge >= 0.3 is 0 Å². The fourth-order valence-electron chi connectivity index (χ4n) is 3.42. The van der Waals surface area contributed by atoms with Crippen LogP contribution in [0.5, 0.6) is 11.5 Å². The predicted octanol–water partition coefficient (Wildman–Crippen LogP) is 5.63. The van der Waals surface area contributed by atoms with Crippen molar-refractivity contribution in [1.29, 1.82) is 0 Å². The minimum Gasteiger partial charge on any atom is -0.497 e. The summed E-state index contributed by atoms with van der Waals surface area (Å²) in [5.74, 6) is 1.10. The van der Waals surface area contributed by atoms with Crippen LogP contribution >= 0.6 is 0 Å². The van der Waals surface area contributed by atoms with Crippen LogP contribution in [0.4, 0.5) is 11.4 Å². The van der Waals surface area contributed by atoms with E-state index >= 15 is 0 Å². The van der Waals surface area contributed by atoms with Crippen molar-refractivity contribution in [3.63, 3.8) is 0 Å². The summed E-state index contributed by atoms with van der Waals surface area (Å²) >= 11 is 0. The van der Waals surface area contributed by atoms with E-state index < -0.39 is 5.91 Å². The van der Waals surface area contributed by atoms with E-state index in [-0.39, 0.29) is 11.6 Å². The highest BCUT2D eigenvalue weighted by molar-refractivity contribution is 6.07. The Labute approximate surface area is 202 Å². The second-order valence-corrected chi connectivity index (χ2v) is 7.56. The van der Waals surface area contributed by atoms with Crippen LogP contribution in [0.2, 0.25) is 0 Å². The smallest absolute Gasteiger partial charge is 0.278 e. The maximum Gasteiger partial charge on any atom is 0.278 e. The average molecular weight is 472 g/mol. The third-order valence-electron chi connectivity index (χ3n) is 5.27. The van der Waals surface area contributed by atoms with Gasteiger partial charge in [-0.15, -0.1) is 0 Å². The van der Waals surface area contributed by atoms with Crippen LogP contribution in [0.1, 0.15) is 23.8 Å². The number of ether oxygens (including phenoxy) is 2. The van der Waals surface area contributed by atoms with Crippen LogP contribution < -0.4 is 20.1 Å². The Morgan fingerprint density at radius 2 is 1.63 bits per heavy atom. The van der Waals surface area contributed by atoms with Gasteiger partial charge in [-0.05, 0) is 48.5 Å². The zero-order valence-electron chi connectivity index (χ0n) is 19.6. The SMILES string of the molecule is CCC(=O)Nc1ccc(-c2oc(-c3ccccc3)nc2C(=O)Nc2cc(OC)ccc2OC)cc1. The quantitative estimate of drug-likeness (QED) is 0.345. The molecule has 0 atom stereocenters. The molecule has 1 heterocycles. The molecule has 4 rings (SSSR count). The van der Waals surface area contributed by atoms with Crippen LogP contribution in [-0.4, -0.2) is 31.0 Å². The van der Waals surface area contributed by atoms with Crippen molar-refractivity contribution in [3.8, 4) is 34.3 Å². The summed E-state index contributed by atoms with van der Waals surface area (Å²) in [5, 5.41) is 5.65. The molecule has 0 spiro atoms. The van der Waals surface area contributed by atoms with Gasteiger partial charge in [-0.2, -0.15) is 0 Å². The van der Waals surface area contributed by atoms with Gasteiger partial charge in [0.15, 0.2) is 11.5 Å².